The Bertz CT molecular complexity index is 1690. The Morgan fingerprint density at radius 3 is 2.48 bits per heavy atom. The minimum absolute atomic E-state index is 0.112. The van der Waals surface area contributed by atoms with Gasteiger partial charge in [-0.25, -0.2) is 14.0 Å². The van der Waals surface area contributed by atoms with Crippen molar-refractivity contribution in [3.8, 4) is 22.3 Å². The maximum absolute atomic E-state index is 12.5. The predicted octanol–water partition coefficient (Wildman–Crippen LogP) is 5.84. The number of fused-ring (bicyclic) bond motifs is 1. The van der Waals surface area contributed by atoms with Crippen LogP contribution in [0.2, 0.25) is 0 Å². The van der Waals surface area contributed by atoms with Gasteiger partial charge >= 0.3 is 17.4 Å². The van der Waals surface area contributed by atoms with Crippen molar-refractivity contribution in [3.05, 3.63) is 89.9 Å². The van der Waals surface area contributed by atoms with Gasteiger partial charge in [-0.1, -0.05) is 36.4 Å². The molecule has 1 atom stereocenters. The van der Waals surface area contributed by atoms with Crippen LogP contribution in [-0.4, -0.2) is 26.5 Å². The molecule has 0 saturated heterocycles. The van der Waals surface area contributed by atoms with Gasteiger partial charge in [0.15, 0.2) is 0 Å². The van der Waals surface area contributed by atoms with E-state index in [-0.39, 0.29) is 12.8 Å². The lowest BCUT2D eigenvalue weighted by Crippen LogP contribution is -2.19. The zero-order valence-corrected chi connectivity index (χ0v) is 22.7. The number of nitrogens with two attached hydrogens (primary N) is 2. The number of carbonyl (C=O) groups is 1. The maximum atomic E-state index is 12.5. The lowest BCUT2D eigenvalue weighted by Gasteiger charge is -2.10. The molecular weight excluding hydrogens is 548 g/mol. The summed E-state index contributed by atoms with van der Waals surface area (Å²) in [7, 11) is 0. The fourth-order valence-corrected chi connectivity index (χ4v) is 5.53. The monoisotopic (exact) mass is 574 g/mol. The lowest BCUT2D eigenvalue weighted by molar-refractivity contribution is 0.262. The zero-order chi connectivity index (χ0) is 28.1. The smallest absolute Gasteiger partial charge is 0.323 e. The van der Waals surface area contributed by atoms with Crippen molar-refractivity contribution in [2.45, 2.75) is 6.54 Å². The third-order valence-electron chi connectivity index (χ3n) is 6.11. The van der Waals surface area contributed by atoms with Gasteiger partial charge in [0.25, 0.3) is 0 Å². The molecule has 0 aliphatic carbocycles. The van der Waals surface area contributed by atoms with Crippen LogP contribution in [-0.2, 0) is 22.1 Å². The van der Waals surface area contributed by atoms with E-state index in [0.29, 0.717) is 23.7 Å². The van der Waals surface area contributed by atoms with E-state index in [4.69, 9.17) is 16.0 Å². The molecule has 2 heterocycles. The zero-order valence-electron chi connectivity index (χ0n) is 21.1. The second-order valence-electron chi connectivity index (χ2n) is 8.71. The van der Waals surface area contributed by atoms with E-state index in [1.54, 1.807) is 23.6 Å². The first kappa shape index (κ1) is 27.2. The summed E-state index contributed by atoms with van der Waals surface area (Å²) < 4.78 is 25.2. The second-order valence-corrected chi connectivity index (χ2v) is 10.3. The Kier molecular flexibility index (Phi) is 8.34. The number of nitrogen functional groups attached to an aromatic ring is 1. The number of rotatable bonds is 9. The topological polar surface area (TPSA) is 165 Å². The molecule has 5 rings (SSSR count). The van der Waals surface area contributed by atoms with Gasteiger partial charge in [-0.15, -0.1) is 11.3 Å². The Hall–Kier alpha value is -4.33. The van der Waals surface area contributed by atoms with E-state index >= 15 is 0 Å². The number of benzene rings is 3. The normalized spacial score (nSPS) is 11.8. The van der Waals surface area contributed by atoms with Crippen LogP contribution in [0.25, 0.3) is 32.3 Å². The number of nitrogens with zero attached hydrogens (tertiary/aromatic N) is 1. The number of anilines is 4. The Morgan fingerprint density at radius 2 is 1.70 bits per heavy atom. The summed E-state index contributed by atoms with van der Waals surface area (Å²) in [5.41, 5.74) is 18.7. The van der Waals surface area contributed by atoms with Crippen LogP contribution in [0.3, 0.4) is 0 Å². The molecule has 0 radical (unpaired) electrons. The number of aromatic nitrogens is 1. The highest BCUT2D eigenvalue weighted by molar-refractivity contribution is 7.74. The summed E-state index contributed by atoms with van der Waals surface area (Å²) in [6.07, 6.45) is 1.74. The molecule has 40 heavy (non-hydrogen) atoms. The highest BCUT2D eigenvalue weighted by Gasteiger charge is 2.16. The maximum Gasteiger partial charge on any atom is 0.323 e. The summed E-state index contributed by atoms with van der Waals surface area (Å²) in [6.45, 7) is 0.283. The molecule has 10 nitrogen and oxygen atoms in total. The Morgan fingerprint density at radius 1 is 0.950 bits per heavy atom. The molecule has 0 bridgehead atoms. The van der Waals surface area contributed by atoms with Crippen LogP contribution in [0.4, 0.5) is 27.7 Å². The summed E-state index contributed by atoms with van der Waals surface area (Å²) >= 11 is -0.780. The highest BCUT2D eigenvalue weighted by atomic mass is 32.2. The van der Waals surface area contributed by atoms with Gasteiger partial charge in [0.2, 0.25) is 0 Å². The molecule has 0 saturated carbocycles. The van der Waals surface area contributed by atoms with Gasteiger partial charge in [-0.3, -0.25) is 4.55 Å². The SMILES string of the molecule is NCc1cccc(NC(=O)Nc2ccc(-c3csc4c(-c5cccc(NCOS(=O)O)c5)cnc(N)c34)cc2)c1. The Balaban J connectivity index is 1.35. The standard InChI is InChI=1S/C28H26N6O4S2/c29-13-17-3-1-6-22(11-17)34-28(35)33-20-9-7-18(8-10-20)24-15-39-26-23(14-31-27(30)25(24)26)19-4-2-5-21(12-19)32-16-38-40(36)37/h1-12,14-15,32H,13,16,29H2,(H2,30,31)(H,36,37)(H2,33,34,35). The number of hydrogen-bond donors (Lipinski definition) is 6. The van der Waals surface area contributed by atoms with Gasteiger partial charge in [0, 0.05) is 51.0 Å². The molecule has 8 N–H and O–H groups in total. The molecule has 0 fully saturated rings. The van der Waals surface area contributed by atoms with E-state index in [0.717, 1.165) is 43.6 Å². The number of amides is 2. The summed E-state index contributed by atoms with van der Waals surface area (Å²) in [6, 6.07) is 22.1. The van der Waals surface area contributed by atoms with Gasteiger partial charge in [-0.05, 0) is 58.5 Å². The quantitative estimate of drug-likeness (QED) is 0.0944. The summed E-state index contributed by atoms with van der Waals surface area (Å²) in [5.74, 6) is 0.421. The number of pyridine rings is 1. The fourth-order valence-electron chi connectivity index (χ4n) is 4.25. The number of carbonyl (C=O) groups excluding carboxylic acids is 1. The van der Waals surface area contributed by atoms with E-state index in [1.165, 1.54) is 0 Å². The molecule has 204 valence electrons. The molecule has 12 heteroatoms. The average molecular weight is 575 g/mol. The van der Waals surface area contributed by atoms with Crippen LogP contribution >= 0.6 is 11.3 Å². The summed E-state index contributed by atoms with van der Waals surface area (Å²) in [5, 5.41) is 11.5. The minimum Gasteiger partial charge on any atom is -0.383 e. The van der Waals surface area contributed by atoms with Crippen LogP contribution in [0.15, 0.2) is 84.4 Å². The first-order valence-corrected chi connectivity index (χ1v) is 14.0. The van der Waals surface area contributed by atoms with Crippen LogP contribution in [0.1, 0.15) is 5.56 Å². The van der Waals surface area contributed by atoms with Crippen LogP contribution in [0.5, 0.6) is 0 Å². The molecule has 0 aliphatic rings. The van der Waals surface area contributed by atoms with Crippen molar-refractivity contribution in [1.82, 2.24) is 4.98 Å². The van der Waals surface area contributed by atoms with Gasteiger partial charge in [0.05, 0.1) is 0 Å². The first-order valence-electron chi connectivity index (χ1n) is 12.1. The van der Waals surface area contributed by atoms with Crippen molar-refractivity contribution >= 4 is 61.7 Å². The van der Waals surface area contributed by atoms with Crippen molar-refractivity contribution < 1.29 is 17.7 Å². The fraction of sp³-hybridized carbons (Fsp3) is 0.0714. The third-order valence-corrected chi connectivity index (χ3v) is 7.44. The van der Waals surface area contributed by atoms with E-state index in [9.17, 15) is 9.00 Å². The van der Waals surface area contributed by atoms with Crippen molar-refractivity contribution in [2.75, 3.05) is 28.4 Å². The molecule has 0 aliphatic heterocycles. The molecule has 3 aromatic carbocycles. The molecule has 2 amide bonds. The summed E-state index contributed by atoms with van der Waals surface area (Å²) in [4.78, 5) is 16.9. The van der Waals surface area contributed by atoms with Crippen LogP contribution < -0.4 is 27.4 Å². The van der Waals surface area contributed by atoms with Crippen molar-refractivity contribution in [2.24, 2.45) is 5.73 Å². The molecule has 5 aromatic rings. The number of hydrogen-bond acceptors (Lipinski definition) is 8. The predicted molar refractivity (Wildman–Crippen MR) is 162 cm³/mol. The molecule has 0 spiro atoms. The van der Waals surface area contributed by atoms with E-state index in [2.05, 4.69) is 25.1 Å². The van der Waals surface area contributed by atoms with E-state index in [1.807, 2.05) is 72.1 Å². The largest absolute Gasteiger partial charge is 0.383 e. The number of nitrogens with one attached hydrogen (secondary N) is 3. The van der Waals surface area contributed by atoms with Crippen LogP contribution in [0, 0.1) is 0 Å². The molecular formula is C28H26N6O4S2. The number of thiophene rings is 1. The van der Waals surface area contributed by atoms with Gasteiger partial charge < -0.3 is 27.4 Å². The van der Waals surface area contributed by atoms with Gasteiger partial charge in [0.1, 0.15) is 12.5 Å². The minimum atomic E-state index is -2.34. The first-order chi connectivity index (χ1) is 19.4. The van der Waals surface area contributed by atoms with Crippen molar-refractivity contribution in [1.29, 1.82) is 0 Å². The third kappa shape index (κ3) is 6.28. The number of urea groups is 1. The van der Waals surface area contributed by atoms with Gasteiger partial charge in [-0.2, -0.15) is 4.21 Å². The molecule has 2 aromatic heterocycles. The lowest BCUT2D eigenvalue weighted by atomic mass is 10.0. The van der Waals surface area contributed by atoms with Crippen molar-refractivity contribution in [3.63, 3.8) is 0 Å². The van der Waals surface area contributed by atoms with E-state index < -0.39 is 11.4 Å². The highest BCUT2D eigenvalue weighted by Crippen LogP contribution is 2.42. The Labute approximate surface area is 236 Å². The average Bonchev–Trinajstić information content (AvgIpc) is 3.40. The molecule has 1 unspecified atom stereocenters. The second kappa shape index (κ2) is 12.2.